The predicted octanol–water partition coefficient (Wildman–Crippen LogP) is 11.6. The van der Waals surface area contributed by atoms with Crippen LogP contribution in [0.1, 0.15) is 213 Å². The summed E-state index contributed by atoms with van der Waals surface area (Å²) in [4.78, 5) is 20.0. The number of unbranched alkanes of at least 4 members (excludes halogenated alkanes) is 27. The molecule has 0 heterocycles. The zero-order valence-corrected chi connectivity index (χ0v) is 32.1. The van der Waals surface area contributed by atoms with Crippen LogP contribution in [0.4, 0.5) is 0 Å². The standard InChI is InChI=1S/C32H67O4P.C6H14N2O2/c1-3-5-7-9-11-13-15-17-19-21-23-25-27-29-31-35-37(33,34)36-32-30-28-26-24-22-20-18-16-14-12-10-8-6-4-2;7-4-2-1-3-5(8)6(9)10/h3-32H2,1-2H3,(H,33,34);5H,1-4,7-8H2,(H,9,10)/t;5-/m.0/s1. The second-order valence-corrected chi connectivity index (χ2v) is 15.0. The minimum absolute atomic E-state index is 0.324. The van der Waals surface area contributed by atoms with Crippen molar-refractivity contribution in [2.24, 2.45) is 11.5 Å². The molecule has 0 aliphatic carbocycles. The van der Waals surface area contributed by atoms with Crippen LogP contribution in [0.25, 0.3) is 0 Å². The van der Waals surface area contributed by atoms with E-state index in [1.165, 1.54) is 154 Å². The number of phosphoric ester groups is 1. The maximum Gasteiger partial charge on any atom is 0.472 e. The van der Waals surface area contributed by atoms with Gasteiger partial charge in [0.05, 0.1) is 13.2 Å². The van der Waals surface area contributed by atoms with E-state index in [1.807, 2.05) is 0 Å². The Morgan fingerprint density at radius 1 is 0.532 bits per heavy atom. The number of phosphoric acid groups is 1. The van der Waals surface area contributed by atoms with E-state index in [1.54, 1.807) is 0 Å². The van der Waals surface area contributed by atoms with E-state index in [0.29, 0.717) is 26.2 Å². The molecule has 6 N–H and O–H groups in total. The van der Waals surface area contributed by atoms with E-state index in [0.717, 1.165) is 38.5 Å². The van der Waals surface area contributed by atoms with Gasteiger partial charge in [-0.15, -0.1) is 0 Å². The number of rotatable bonds is 37. The van der Waals surface area contributed by atoms with Crippen molar-refractivity contribution in [3.05, 3.63) is 0 Å². The molecule has 47 heavy (non-hydrogen) atoms. The SMILES string of the molecule is CCCCCCCCCCCCCCCCOP(=O)(O)OCCCCCCCCCCCCCCCC.NCCCC[C@H](N)C(=O)O. The van der Waals surface area contributed by atoms with Gasteiger partial charge in [0.2, 0.25) is 0 Å². The quantitative estimate of drug-likeness (QED) is 0.0372. The van der Waals surface area contributed by atoms with Gasteiger partial charge in [0.15, 0.2) is 0 Å². The van der Waals surface area contributed by atoms with Crippen molar-refractivity contribution in [2.75, 3.05) is 19.8 Å². The maximum absolute atomic E-state index is 12.0. The van der Waals surface area contributed by atoms with Crippen LogP contribution in [0.2, 0.25) is 0 Å². The van der Waals surface area contributed by atoms with Crippen LogP contribution in [0.5, 0.6) is 0 Å². The van der Waals surface area contributed by atoms with Gasteiger partial charge in [-0.05, 0) is 32.2 Å². The Morgan fingerprint density at radius 3 is 1.06 bits per heavy atom. The molecule has 0 aliphatic heterocycles. The fourth-order valence-electron chi connectivity index (χ4n) is 5.62. The summed E-state index contributed by atoms with van der Waals surface area (Å²) in [6.07, 6.45) is 38.5. The molecule has 0 fully saturated rings. The Bertz CT molecular complexity index is 632. The second kappa shape index (κ2) is 39.9. The van der Waals surface area contributed by atoms with Gasteiger partial charge in [0, 0.05) is 0 Å². The number of hydrogen-bond acceptors (Lipinski definition) is 6. The van der Waals surface area contributed by atoms with Gasteiger partial charge < -0.3 is 21.5 Å². The van der Waals surface area contributed by atoms with Crippen molar-refractivity contribution in [2.45, 2.75) is 219 Å². The zero-order valence-electron chi connectivity index (χ0n) is 31.2. The number of carboxylic acid groups (broad SMARTS) is 1. The first-order valence-corrected chi connectivity index (χ1v) is 21.6. The molecule has 0 amide bonds. The molecular formula is C38H81N2O6P. The lowest BCUT2D eigenvalue weighted by molar-refractivity contribution is -0.138. The lowest BCUT2D eigenvalue weighted by atomic mass is 10.0. The number of aliphatic carboxylic acids is 1. The van der Waals surface area contributed by atoms with Crippen LogP contribution >= 0.6 is 7.82 Å². The summed E-state index contributed by atoms with van der Waals surface area (Å²) in [5, 5.41) is 8.33. The van der Waals surface area contributed by atoms with Gasteiger partial charge >= 0.3 is 13.8 Å². The Balaban J connectivity index is 0. The van der Waals surface area contributed by atoms with E-state index in [4.69, 9.17) is 25.6 Å². The third kappa shape index (κ3) is 43.5. The summed E-state index contributed by atoms with van der Waals surface area (Å²) in [6, 6.07) is -0.716. The van der Waals surface area contributed by atoms with Crippen LogP contribution in [-0.2, 0) is 18.4 Å². The van der Waals surface area contributed by atoms with E-state index >= 15 is 0 Å². The first kappa shape index (κ1) is 48.6. The van der Waals surface area contributed by atoms with Crippen LogP contribution < -0.4 is 11.5 Å². The molecule has 1 atom stereocenters. The van der Waals surface area contributed by atoms with Gasteiger partial charge in [0.25, 0.3) is 0 Å². The molecule has 9 heteroatoms. The molecular weight excluding hydrogens is 611 g/mol. The largest absolute Gasteiger partial charge is 0.480 e. The molecule has 8 nitrogen and oxygen atoms in total. The Kier molecular flexibility index (Phi) is 41.3. The highest BCUT2D eigenvalue weighted by atomic mass is 31.2. The summed E-state index contributed by atoms with van der Waals surface area (Å²) in [7, 11) is -3.87. The third-order valence-corrected chi connectivity index (χ3v) is 9.81. The molecule has 0 unspecified atom stereocenters. The number of nitrogens with two attached hydrogens (primary N) is 2. The number of carbonyl (C=O) groups is 1. The zero-order chi connectivity index (χ0) is 35.1. The summed E-state index contributed by atoms with van der Waals surface area (Å²) < 4.78 is 22.3. The Hall–Kier alpha value is -0.500. The molecule has 0 spiro atoms. The molecule has 0 bridgehead atoms. The van der Waals surface area contributed by atoms with Gasteiger partial charge in [-0.3, -0.25) is 13.8 Å². The van der Waals surface area contributed by atoms with Gasteiger partial charge in [0.1, 0.15) is 6.04 Å². The van der Waals surface area contributed by atoms with Gasteiger partial charge in [-0.2, -0.15) is 0 Å². The van der Waals surface area contributed by atoms with Crippen LogP contribution in [0.15, 0.2) is 0 Å². The first-order valence-electron chi connectivity index (χ1n) is 20.1. The first-order chi connectivity index (χ1) is 22.8. The lowest BCUT2D eigenvalue weighted by Crippen LogP contribution is -2.29. The minimum Gasteiger partial charge on any atom is -0.480 e. The third-order valence-electron chi connectivity index (χ3n) is 8.79. The molecule has 0 rings (SSSR count). The number of hydrogen-bond donors (Lipinski definition) is 4. The topological polar surface area (TPSA) is 145 Å². The van der Waals surface area contributed by atoms with Crippen LogP contribution in [0.3, 0.4) is 0 Å². The van der Waals surface area contributed by atoms with Crippen LogP contribution in [-0.4, -0.2) is 41.8 Å². The average Bonchev–Trinajstić information content (AvgIpc) is 3.05. The smallest absolute Gasteiger partial charge is 0.472 e. The fraction of sp³-hybridized carbons (Fsp3) is 0.974. The van der Waals surface area contributed by atoms with E-state index in [-0.39, 0.29) is 0 Å². The normalized spacial score (nSPS) is 12.2. The molecule has 0 aromatic carbocycles. The second-order valence-electron chi connectivity index (χ2n) is 13.6. The lowest BCUT2D eigenvalue weighted by Gasteiger charge is -2.12. The van der Waals surface area contributed by atoms with Crippen molar-refractivity contribution in [3.8, 4) is 0 Å². The Labute approximate surface area is 291 Å². The Morgan fingerprint density at radius 2 is 0.809 bits per heavy atom. The number of carboxylic acids is 1. The molecule has 284 valence electrons. The summed E-state index contributed by atoms with van der Waals surface area (Å²) in [5.74, 6) is -0.933. The molecule has 0 saturated heterocycles. The van der Waals surface area contributed by atoms with Gasteiger partial charge in [-0.1, -0.05) is 187 Å². The van der Waals surface area contributed by atoms with Crippen molar-refractivity contribution < 1.29 is 28.4 Å². The summed E-state index contributed by atoms with van der Waals surface area (Å²) in [5.41, 5.74) is 10.4. The summed E-state index contributed by atoms with van der Waals surface area (Å²) in [6.45, 7) is 5.80. The van der Waals surface area contributed by atoms with Gasteiger partial charge in [-0.25, -0.2) is 4.57 Å². The molecule has 0 aromatic rings. The van der Waals surface area contributed by atoms with Crippen molar-refractivity contribution in [1.29, 1.82) is 0 Å². The van der Waals surface area contributed by atoms with Crippen LogP contribution in [0, 0.1) is 0 Å². The maximum atomic E-state index is 12.0. The monoisotopic (exact) mass is 693 g/mol. The molecule has 0 aromatic heterocycles. The van der Waals surface area contributed by atoms with Crippen molar-refractivity contribution in [3.63, 3.8) is 0 Å². The summed E-state index contributed by atoms with van der Waals surface area (Å²) >= 11 is 0. The van der Waals surface area contributed by atoms with Crippen molar-refractivity contribution >= 4 is 13.8 Å². The molecule has 0 radical (unpaired) electrons. The fourth-order valence-corrected chi connectivity index (χ4v) is 6.42. The minimum atomic E-state index is -3.87. The van der Waals surface area contributed by atoms with E-state index in [2.05, 4.69) is 13.8 Å². The molecule has 0 aliphatic rings. The highest BCUT2D eigenvalue weighted by Crippen LogP contribution is 2.43. The van der Waals surface area contributed by atoms with E-state index in [9.17, 15) is 14.3 Å². The van der Waals surface area contributed by atoms with Crippen molar-refractivity contribution in [1.82, 2.24) is 0 Å². The highest BCUT2D eigenvalue weighted by Gasteiger charge is 2.19. The van der Waals surface area contributed by atoms with E-state index < -0.39 is 19.8 Å². The average molecular weight is 693 g/mol. The predicted molar refractivity (Wildman–Crippen MR) is 201 cm³/mol. The highest BCUT2D eigenvalue weighted by molar-refractivity contribution is 7.47. The molecule has 0 saturated carbocycles.